The number of nitrogens with one attached hydrogen (secondary N) is 1. The number of nitrogens with zero attached hydrogens (tertiary/aromatic N) is 1. The van der Waals surface area contributed by atoms with E-state index in [1.807, 2.05) is 12.1 Å². The number of nitrogens with two attached hydrogens (primary N) is 1. The highest BCUT2D eigenvalue weighted by molar-refractivity contribution is 6.00. The minimum absolute atomic E-state index is 0.0556. The zero-order valence-electron chi connectivity index (χ0n) is 12.8. The molecule has 1 atom stereocenters. The molecule has 3 N–H and O–H groups in total. The highest BCUT2D eigenvalue weighted by Crippen LogP contribution is 2.33. The van der Waals surface area contributed by atoms with Gasteiger partial charge >= 0.3 is 0 Å². The SMILES string of the molecule is CC1CCCCN1Cc1ccc(NC(=O)C2(N)CC2)cc1. The van der Waals surface area contributed by atoms with Crippen LogP contribution in [0.4, 0.5) is 5.69 Å². The van der Waals surface area contributed by atoms with Crippen molar-refractivity contribution in [2.75, 3.05) is 11.9 Å². The lowest BCUT2D eigenvalue weighted by Gasteiger charge is -2.33. The molecule has 0 aromatic heterocycles. The maximum Gasteiger partial charge on any atom is 0.244 e. The van der Waals surface area contributed by atoms with Crippen molar-refractivity contribution in [3.05, 3.63) is 29.8 Å². The molecule has 1 unspecified atom stereocenters. The molecule has 1 aliphatic carbocycles. The average molecular weight is 287 g/mol. The fourth-order valence-corrected chi connectivity index (χ4v) is 2.94. The molecule has 4 nitrogen and oxygen atoms in total. The molecule has 2 fully saturated rings. The van der Waals surface area contributed by atoms with Crippen molar-refractivity contribution in [3.63, 3.8) is 0 Å². The molecule has 4 heteroatoms. The number of carbonyl (C=O) groups excluding carboxylic acids is 1. The molecule has 1 saturated heterocycles. The molecule has 0 bridgehead atoms. The Hall–Kier alpha value is -1.39. The molecule has 1 aromatic rings. The van der Waals surface area contributed by atoms with E-state index >= 15 is 0 Å². The third-order valence-electron chi connectivity index (χ3n) is 4.78. The first-order chi connectivity index (χ1) is 10.1. The highest BCUT2D eigenvalue weighted by atomic mass is 16.2. The molecule has 1 aliphatic heterocycles. The predicted octanol–water partition coefficient (Wildman–Crippen LogP) is 2.49. The van der Waals surface area contributed by atoms with Crippen LogP contribution in [0, 0.1) is 0 Å². The van der Waals surface area contributed by atoms with E-state index in [0.717, 1.165) is 25.1 Å². The fraction of sp³-hybridized carbons (Fsp3) is 0.588. The first kappa shape index (κ1) is 14.5. The Kier molecular flexibility index (Phi) is 4.00. The van der Waals surface area contributed by atoms with Crippen LogP contribution >= 0.6 is 0 Å². The third-order valence-corrected chi connectivity index (χ3v) is 4.78. The number of likely N-dealkylation sites (tertiary alicyclic amines) is 1. The molecule has 1 aromatic carbocycles. The lowest BCUT2D eigenvalue weighted by Crippen LogP contribution is -2.37. The van der Waals surface area contributed by atoms with Gasteiger partial charge in [-0.05, 0) is 56.8 Å². The van der Waals surface area contributed by atoms with Gasteiger partial charge in [-0.2, -0.15) is 0 Å². The van der Waals surface area contributed by atoms with E-state index in [0.29, 0.717) is 6.04 Å². The largest absolute Gasteiger partial charge is 0.324 e. The maximum atomic E-state index is 11.9. The number of piperidine rings is 1. The molecule has 21 heavy (non-hydrogen) atoms. The topological polar surface area (TPSA) is 58.4 Å². The van der Waals surface area contributed by atoms with Crippen molar-refractivity contribution in [1.82, 2.24) is 4.90 Å². The van der Waals surface area contributed by atoms with Crippen molar-refractivity contribution in [2.45, 2.75) is 57.2 Å². The Morgan fingerprint density at radius 2 is 2.05 bits per heavy atom. The van der Waals surface area contributed by atoms with E-state index in [4.69, 9.17) is 5.73 Å². The van der Waals surface area contributed by atoms with Crippen molar-refractivity contribution in [3.8, 4) is 0 Å². The van der Waals surface area contributed by atoms with Gasteiger partial charge in [0.15, 0.2) is 0 Å². The van der Waals surface area contributed by atoms with Gasteiger partial charge in [0.2, 0.25) is 5.91 Å². The zero-order valence-corrected chi connectivity index (χ0v) is 12.8. The maximum absolute atomic E-state index is 11.9. The Morgan fingerprint density at radius 3 is 2.67 bits per heavy atom. The summed E-state index contributed by atoms with van der Waals surface area (Å²) in [6.07, 6.45) is 5.54. The summed E-state index contributed by atoms with van der Waals surface area (Å²) in [6.45, 7) is 4.50. The summed E-state index contributed by atoms with van der Waals surface area (Å²) >= 11 is 0. The van der Waals surface area contributed by atoms with Crippen LogP contribution in [-0.4, -0.2) is 28.9 Å². The number of hydrogen-bond donors (Lipinski definition) is 2. The quantitative estimate of drug-likeness (QED) is 0.894. The van der Waals surface area contributed by atoms with Crippen LogP contribution in [0.3, 0.4) is 0 Å². The van der Waals surface area contributed by atoms with Crippen LogP contribution < -0.4 is 11.1 Å². The van der Waals surface area contributed by atoms with Gasteiger partial charge in [-0.25, -0.2) is 0 Å². The van der Waals surface area contributed by atoms with Crippen molar-refractivity contribution >= 4 is 11.6 Å². The number of hydrogen-bond acceptors (Lipinski definition) is 3. The summed E-state index contributed by atoms with van der Waals surface area (Å²) < 4.78 is 0. The fourth-order valence-electron chi connectivity index (χ4n) is 2.94. The van der Waals surface area contributed by atoms with Crippen LogP contribution in [0.2, 0.25) is 0 Å². The molecule has 1 amide bonds. The van der Waals surface area contributed by atoms with Crippen LogP contribution in [-0.2, 0) is 11.3 Å². The second-order valence-electron chi connectivity index (χ2n) is 6.62. The van der Waals surface area contributed by atoms with Crippen molar-refractivity contribution in [2.24, 2.45) is 5.73 Å². The minimum Gasteiger partial charge on any atom is -0.324 e. The number of carbonyl (C=O) groups is 1. The molecular formula is C17H25N3O. The second kappa shape index (κ2) is 5.78. The third kappa shape index (κ3) is 3.44. The summed E-state index contributed by atoms with van der Waals surface area (Å²) in [7, 11) is 0. The number of anilines is 1. The molecule has 1 saturated carbocycles. The number of rotatable bonds is 4. The molecule has 3 rings (SSSR count). The first-order valence-electron chi connectivity index (χ1n) is 8.00. The second-order valence-corrected chi connectivity index (χ2v) is 6.62. The van der Waals surface area contributed by atoms with Gasteiger partial charge in [-0.3, -0.25) is 9.69 Å². The molecule has 114 valence electrons. The standard InChI is InChI=1S/C17H25N3O/c1-13-4-2-3-11-20(13)12-14-5-7-15(8-6-14)19-16(21)17(18)9-10-17/h5-8,13H,2-4,9-12,18H2,1H3,(H,19,21). The minimum atomic E-state index is -0.609. The summed E-state index contributed by atoms with van der Waals surface area (Å²) in [6, 6.07) is 8.84. The van der Waals surface area contributed by atoms with E-state index in [-0.39, 0.29) is 5.91 Å². The molecular weight excluding hydrogens is 262 g/mol. The van der Waals surface area contributed by atoms with Gasteiger partial charge < -0.3 is 11.1 Å². The Morgan fingerprint density at radius 1 is 1.33 bits per heavy atom. The zero-order chi connectivity index (χ0) is 14.9. The normalized spacial score (nSPS) is 24.6. The van der Waals surface area contributed by atoms with Crippen LogP contribution in [0.5, 0.6) is 0 Å². The summed E-state index contributed by atoms with van der Waals surface area (Å²) in [4.78, 5) is 14.4. The van der Waals surface area contributed by atoms with Gasteiger partial charge in [0.1, 0.15) is 0 Å². The Bertz CT molecular complexity index is 507. The van der Waals surface area contributed by atoms with Gasteiger partial charge in [0, 0.05) is 18.3 Å². The van der Waals surface area contributed by atoms with E-state index in [1.165, 1.54) is 31.4 Å². The Labute approximate surface area is 126 Å². The first-order valence-corrected chi connectivity index (χ1v) is 8.00. The summed E-state index contributed by atoms with van der Waals surface area (Å²) in [5, 5.41) is 2.91. The monoisotopic (exact) mass is 287 g/mol. The van der Waals surface area contributed by atoms with E-state index < -0.39 is 5.54 Å². The van der Waals surface area contributed by atoms with Crippen molar-refractivity contribution < 1.29 is 4.79 Å². The summed E-state index contributed by atoms with van der Waals surface area (Å²) in [5.74, 6) is -0.0556. The van der Waals surface area contributed by atoms with Gasteiger partial charge in [0.25, 0.3) is 0 Å². The average Bonchev–Trinajstić information content (AvgIpc) is 3.23. The molecule has 1 heterocycles. The Balaban J connectivity index is 1.57. The van der Waals surface area contributed by atoms with Crippen LogP contribution in [0.15, 0.2) is 24.3 Å². The lowest BCUT2D eigenvalue weighted by atomic mass is 10.0. The molecule has 0 radical (unpaired) electrons. The van der Waals surface area contributed by atoms with E-state index in [9.17, 15) is 4.79 Å². The van der Waals surface area contributed by atoms with E-state index in [2.05, 4.69) is 29.3 Å². The predicted molar refractivity (Wildman–Crippen MR) is 84.9 cm³/mol. The smallest absolute Gasteiger partial charge is 0.244 e. The van der Waals surface area contributed by atoms with Gasteiger partial charge in [0.05, 0.1) is 5.54 Å². The van der Waals surface area contributed by atoms with Crippen LogP contribution in [0.1, 0.15) is 44.6 Å². The lowest BCUT2D eigenvalue weighted by molar-refractivity contribution is -0.118. The van der Waals surface area contributed by atoms with Crippen LogP contribution in [0.25, 0.3) is 0 Å². The van der Waals surface area contributed by atoms with E-state index in [1.54, 1.807) is 0 Å². The van der Waals surface area contributed by atoms with Gasteiger partial charge in [-0.15, -0.1) is 0 Å². The van der Waals surface area contributed by atoms with Gasteiger partial charge in [-0.1, -0.05) is 18.6 Å². The highest BCUT2D eigenvalue weighted by Gasteiger charge is 2.45. The van der Waals surface area contributed by atoms with Crippen molar-refractivity contribution in [1.29, 1.82) is 0 Å². The molecule has 2 aliphatic rings. The summed E-state index contributed by atoms with van der Waals surface area (Å²) in [5.41, 5.74) is 7.42. The number of benzene rings is 1. The molecule has 0 spiro atoms. The number of amides is 1.